The molecule has 1 fully saturated rings. The highest BCUT2D eigenvalue weighted by molar-refractivity contribution is 6.31. The number of hydrogen-bond donors (Lipinski definition) is 1. The van der Waals surface area contributed by atoms with Crippen LogP contribution in [0.25, 0.3) is 0 Å². The number of rotatable bonds is 6. The normalized spacial score (nSPS) is 13.7. The van der Waals surface area contributed by atoms with E-state index >= 15 is 0 Å². The molecule has 4 rings (SSSR count). The fourth-order valence-electron chi connectivity index (χ4n) is 3.41. The SMILES string of the molecule is O=C(Nc1cccc(CN2CCCC2=O)c1)c1cnn(Cc2ccccc2Cl)c1. The van der Waals surface area contributed by atoms with E-state index in [1.54, 1.807) is 17.1 Å². The Morgan fingerprint density at radius 3 is 2.79 bits per heavy atom. The quantitative estimate of drug-likeness (QED) is 0.671. The molecule has 0 radical (unpaired) electrons. The second kappa shape index (κ2) is 8.49. The Hall–Kier alpha value is -3.12. The third-order valence-electron chi connectivity index (χ3n) is 4.92. The Morgan fingerprint density at radius 2 is 2.00 bits per heavy atom. The molecule has 1 saturated heterocycles. The zero-order valence-electron chi connectivity index (χ0n) is 15.8. The van der Waals surface area contributed by atoms with E-state index in [2.05, 4.69) is 10.4 Å². The van der Waals surface area contributed by atoms with Gasteiger partial charge < -0.3 is 10.2 Å². The first kappa shape index (κ1) is 19.2. The van der Waals surface area contributed by atoms with Gasteiger partial charge in [-0.1, -0.05) is 41.9 Å². The molecule has 29 heavy (non-hydrogen) atoms. The molecule has 1 aliphatic rings. The molecule has 7 heteroatoms. The lowest BCUT2D eigenvalue weighted by atomic mass is 10.2. The highest BCUT2D eigenvalue weighted by atomic mass is 35.5. The second-order valence-electron chi connectivity index (χ2n) is 7.09. The van der Waals surface area contributed by atoms with Gasteiger partial charge >= 0.3 is 0 Å². The summed E-state index contributed by atoms with van der Waals surface area (Å²) in [6, 6.07) is 15.1. The monoisotopic (exact) mass is 408 g/mol. The van der Waals surface area contributed by atoms with Crippen molar-refractivity contribution in [2.24, 2.45) is 0 Å². The van der Waals surface area contributed by atoms with Gasteiger partial charge in [0.25, 0.3) is 5.91 Å². The van der Waals surface area contributed by atoms with Crippen LogP contribution in [0, 0.1) is 0 Å². The van der Waals surface area contributed by atoms with Crippen LogP contribution in [0.1, 0.15) is 34.3 Å². The number of anilines is 1. The summed E-state index contributed by atoms with van der Waals surface area (Å²) in [5, 5.41) is 7.83. The van der Waals surface area contributed by atoms with Crippen molar-refractivity contribution >= 4 is 29.1 Å². The van der Waals surface area contributed by atoms with Gasteiger partial charge in [-0.25, -0.2) is 0 Å². The van der Waals surface area contributed by atoms with Crippen LogP contribution in [0.15, 0.2) is 60.9 Å². The van der Waals surface area contributed by atoms with Crippen molar-refractivity contribution in [3.8, 4) is 0 Å². The van der Waals surface area contributed by atoms with E-state index in [9.17, 15) is 9.59 Å². The predicted molar refractivity (Wildman–Crippen MR) is 112 cm³/mol. The Balaban J connectivity index is 1.41. The number of carbonyl (C=O) groups is 2. The molecule has 148 valence electrons. The first-order valence-corrected chi connectivity index (χ1v) is 9.90. The van der Waals surface area contributed by atoms with E-state index in [-0.39, 0.29) is 11.8 Å². The van der Waals surface area contributed by atoms with Crippen LogP contribution in [0.4, 0.5) is 5.69 Å². The van der Waals surface area contributed by atoms with E-state index in [0.717, 1.165) is 24.1 Å². The smallest absolute Gasteiger partial charge is 0.258 e. The van der Waals surface area contributed by atoms with E-state index < -0.39 is 0 Å². The maximum atomic E-state index is 12.6. The van der Waals surface area contributed by atoms with Gasteiger partial charge in [0.15, 0.2) is 0 Å². The fourth-order valence-corrected chi connectivity index (χ4v) is 3.61. The first-order valence-electron chi connectivity index (χ1n) is 9.52. The summed E-state index contributed by atoms with van der Waals surface area (Å²) < 4.78 is 1.69. The van der Waals surface area contributed by atoms with Gasteiger partial charge in [-0.05, 0) is 35.7 Å². The van der Waals surface area contributed by atoms with Gasteiger partial charge in [0, 0.05) is 36.4 Å². The largest absolute Gasteiger partial charge is 0.338 e. The van der Waals surface area contributed by atoms with Crippen molar-refractivity contribution in [3.63, 3.8) is 0 Å². The summed E-state index contributed by atoms with van der Waals surface area (Å²) >= 11 is 6.19. The molecule has 0 aliphatic carbocycles. The van der Waals surface area contributed by atoms with Crippen LogP contribution in [0.2, 0.25) is 5.02 Å². The van der Waals surface area contributed by atoms with E-state index in [4.69, 9.17) is 11.6 Å². The van der Waals surface area contributed by atoms with Crippen LogP contribution < -0.4 is 5.32 Å². The molecule has 2 aromatic carbocycles. The van der Waals surface area contributed by atoms with Crippen molar-refractivity contribution in [1.29, 1.82) is 0 Å². The number of amides is 2. The summed E-state index contributed by atoms with van der Waals surface area (Å²) in [4.78, 5) is 26.3. The molecule has 0 unspecified atom stereocenters. The lowest BCUT2D eigenvalue weighted by molar-refractivity contribution is -0.128. The molecule has 0 atom stereocenters. The minimum atomic E-state index is -0.232. The molecule has 0 saturated carbocycles. The molecule has 1 aromatic heterocycles. The number of halogens is 1. The highest BCUT2D eigenvalue weighted by Crippen LogP contribution is 2.19. The van der Waals surface area contributed by atoms with Crippen molar-refractivity contribution in [2.45, 2.75) is 25.9 Å². The number of aromatic nitrogens is 2. The zero-order chi connectivity index (χ0) is 20.2. The second-order valence-corrected chi connectivity index (χ2v) is 7.50. The van der Waals surface area contributed by atoms with E-state index in [0.29, 0.717) is 35.8 Å². The minimum Gasteiger partial charge on any atom is -0.338 e. The molecule has 2 heterocycles. The summed E-state index contributed by atoms with van der Waals surface area (Å²) in [7, 11) is 0. The maximum absolute atomic E-state index is 12.6. The lowest BCUT2D eigenvalue weighted by Crippen LogP contribution is -2.23. The van der Waals surface area contributed by atoms with Crippen LogP contribution in [-0.4, -0.2) is 33.0 Å². The fraction of sp³-hybridized carbons (Fsp3) is 0.227. The van der Waals surface area contributed by atoms with Crippen LogP contribution >= 0.6 is 11.6 Å². The summed E-state index contributed by atoms with van der Waals surface area (Å²) in [5.74, 6) is -0.0461. The molecule has 1 N–H and O–H groups in total. The molecule has 0 spiro atoms. The molecule has 1 aliphatic heterocycles. The van der Waals surface area contributed by atoms with Gasteiger partial charge in [-0.2, -0.15) is 5.10 Å². The Kier molecular flexibility index (Phi) is 5.62. The van der Waals surface area contributed by atoms with Gasteiger partial charge in [0.1, 0.15) is 0 Å². The first-order chi connectivity index (χ1) is 14.1. The standard InChI is InChI=1S/C22H21ClN4O2/c23-20-8-2-1-6-17(20)14-27-15-18(12-24-27)22(29)25-19-7-3-5-16(11-19)13-26-10-4-9-21(26)28/h1-3,5-8,11-12,15H,4,9-10,13-14H2,(H,25,29). The number of nitrogens with one attached hydrogen (secondary N) is 1. The van der Waals surface area contributed by atoms with E-state index in [1.165, 1.54) is 0 Å². The summed E-state index contributed by atoms with van der Waals surface area (Å²) in [6.07, 6.45) is 4.77. The van der Waals surface area contributed by atoms with Gasteiger partial charge in [-0.15, -0.1) is 0 Å². The van der Waals surface area contributed by atoms with Crippen molar-refractivity contribution in [3.05, 3.63) is 82.6 Å². The third-order valence-corrected chi connectivity index (χ3v) is 5.28. The average molecular weight is 409 g/mol. The number of benzene rings is 2. The average Bonchev–Trinajstić information content (AvgIpc) is 3.33. The van der Waals surface area contributed by atoms with Crippen LogP contribution in [-0.2, 0) is 17.9 Å². The highest BCUT2D eigenvalue weighted by Gasteiger charge is 2.20. The van der Waals surface area contributed by atoms with E-state index in [1.807, 2.05) is 53.4 Å². The number of hydrogen-bond acceptors (Lipinski definition) is 3. The minimum absolute atomic E-state index is 0.186. The van der Waals surface area contributed by atoms with Crippen LogP contribution in [0.3, 0.4) is 0 Å². The Morgan fingerprint density at radius 1 is 1.14 bits per heavy atom. The molecular weight excluding hydrogens is 388 g/mol. The third kappa shape index (κ3) is 4.66. The van der Waals surface area contributed by atoms with Crippen molar-refractivity contribution in [1.82, 2.24) is 14.7 Å². The van der Waals surface area contributed by atoms with Crippen molar-refractivity contribution in [2.75, 3.05) is 11.9 Å². The maximum Gasteiger partial charge on any atom is 0.258 e. The van der Waals surface area contributed by atoms with Gasteiger partial charge in [0.05, 0.1) is 18.3 Å². The topological polar surface area (TPSA) is 67.2 Å². The molecular formula is C22H21ClN4O2. The Labute approximate surface area is 174 Å². The predicted octanol–water partition coefficient (Wildman–Crippen LogP) is 3.96. The molecule has 2 amide bonds. The molecule has 6 nitrogen and oxygen atoms in total. The zero-order valence-corrected chi connectivity index (χ0v) is 16.6. The summed E-state index contributed by atoms with van der Waals surface area (Å²) in [5.41, 5.74) is 3.09. The number of nitrogens with zero attached hydrogens (tertiary/aromatic N) is 3. The molecule has 3 aromatic rings. The number of likely N-dealkylation sites (tertiary alicyclic amines) is 1. The van der Waals surface area contributed by atoms with Crippen molar-refractivity contribution < 1.29 is 9.59 Å². The number of carbonyl (C=O) groups excluding carboxylic acids is 2. The molecule has 0 bridgehead atoms. The van der Waals surface area contributed by atoms with Gasteiger partial charge in [-0.3, -0.25) is 14.3 Å². The lowest BCUT2D eigenvalue weighted by Gasteiger charge is -2.16. The summed E-state index contributed by atoms with van der Waals surface area (Å²) in [6.45, 7) is 1.85. The van der Waals surface area contributed by atoms with Crippen LogP contribution in [0.5, 0.6) is 0 Å². The van der Waals surface area contributed by atoms with Gasteiger partial charge in [0.2, 0.25) is 5.91 Å². The Bertz CT molecular complexity index is 1050.